The molecule has 0 bridgehead atoms. The predicted molar refractivity (Wildman–Crippen MR) is 101 cm³/mol. The van der Waals surface area contributed by atoms with Gasteiger partial charge in [0.05, 0.1) is 4.88 Å². The highest BCUT2D eigenvalue weighted by Gasteiger charge is 2.15. The Morgan fingerprint density at radius 2 is 1.68 bits per heavy atom. The Balaban J connectivity index is 1.63. The van der Waals surface area contributed by atoms with Gasteiger partial charge in [-0.05, 0) is 35.3 Å². The van der Waals surface area contributed by atoms with Crippen LogP contribution in [0.4, 0.5) is 0 Å². The lowest BCUT2D eigenvalue weighted by Crippen LogP contribution is -1.92. The van der Waals surface area contributed by atoms with Crippen LogP contribution in [0.5, 0.6) is 0 Å². The molecule has 0 radical (unpaired) electrons. The molecule has 0 unspecified atom stereocenters. The van der Waals surface area contributed by atoms with E-state index in [2.05, 4.69) is 33.4 Å². The fourth-order valence-electron chi connectivity index (χ4n) is 2.73. The van der Waals surface area contributed by atoms with E-state index in [0.717, 1.165) is 37.5 Å². The van der Waals surface area contributed by atoms with Gasteiger partial charge < -0.3 is 4.42 Å². The summed E-state index contributed by atoms with van der Waals surface area (Å²) in [5, 5.41) is 14.5. The Kier molecular flexibility index (Phi) is 3.50. The van der Waals surface area contributed by atoms with Crippen molar-refractivity contribution < 1.29 is 4.42 Å². The standard InChI is InChI=1S/C19H11N3OS2/c1-2-7-13-12(6-1)17(16-10-5-11-24-16)21-22-18(13)25-19-20-14-8-3-4-9-15(14)23-19/h1-11H. The van der Waals surface area contributed by atoms with Gasteiger partial charge in [-0.25, -0.2) is 4.98 Å². The summed E-state index contributed by atoms with van der Waals surface area (Å²) in [6.07, 6.45) is 0. The van der Waals surface area contributed by atoms with Gasteiger partial charge in [-0.1, -0.05) is 42.5 Å². The first kappa shape index (κ1) is 14.6. The number of benzene rings is 2. The van der Waals surface area contributed by atoms with Crippen LogP contribution in [-0.2, 0) is 0 Å². The maximum Gasteiger partial charge on any atom is 0.263 e. The van der Waals surface area contributed by atoms with Crippen LogP contribution in [0, 0.1) is 0 Å². The Morgan fingerprint density at radius 3 is 2.52 bits per heavy atom. The predicted octanol–water partition coefficient (Wildman–Crippen LogP) is 5.65. The largest absolute Gasteiger partial charge is 0.431 e. The number of para-hydroxylation sites is 2. The van der Waals surface area contributed by atoms with E-state index in [9.17, 15) is 0 Å². The summed E-state index contributed by atoms with van der Waals surface area (Å²) < 4.78 is 5.81. The van der Waals surface area contributed by atoms with E-state index in [1.807, 2.05) is 47.8 Å². The Hall–Kier alpha value is -2.70. The zero-order valence-corrected chi connectivity index (χ0v) is 14.6. The van der Waals surface area contributed by atoms with Crippen LogP contribution in [-0.4, -0.2) is 15.2 Å². The Morgan fingerprint density at radius 1 is 0.840 bits per heavy atom. The van der Waals surface area contributed by atoms with Gasteiger partial charge in [-0.15, -0.1) is 21.5 Å². The van der Waals surface area contributed by atoms with E-state index >= 15 is 0 Å². The molecule has 5 rings (SSSR count). The van der Waals surface area contributed by atoms with Crippen LogP contribution in [0.25, 0.3) is 32.4 Å². The molecule has 6 heteroatoms. The molecule has 0 N–H and O–H groups in total. The first-order valence-corrected chi connectivity index (χ1v) is 9.41. The van der Waals surface area contributed by atoms with Crippen molar-refractivity contribution in [3.05, 3.63) is 66.0 Å². The van der Waals surface area contributed by atoms with Gasteiger partial charge in [0.1, 0.15) is 16.2 Å². The fraction of sp³-hybridized carbons (Fsp3) is 0. The minimum atomic E-state index is 0.574. The molecule has 4 nitrogen and oxygen atoms in total. The second-order valence-electron chi connectivity index (χ2n) is 5.43. The molecule has 0 aliphatic heterocycles. The third-order valence-corrected chi connectivity index (χ3v) is 5.59. The molecule has 3 heterocycles. The number of oxazole rings is 1. The number of fused-ring (bicyclic) bond motifs is 2. The molecule has 0 aliphatic rings. The van der Waals surface area contributed by atoms with Crippen LogP contribution in [0.3, 0.4) is 0 Å². The van der Waals surface area contributed by atoms with Gasteiger partial charge >= 0.3 is 0 Å². The van der Waals surface area contributed by atoms with E-state index in [4.69, 9.17) is 4.42 Å². The zero-order valence-electron chi connectivity index (χ0n) is 12.9. The van der Waals surface area contributed by atoms with Gasteiger partial charge in [0.2, 0.25) is 0 Å². The van der Waals surface area contributed by atoms with Crippen molar-refractivity contribution in [1.29, 1.82) is 0 Å². The summed E-state index contributed by atoms with van der Waals surface area (Å²) in [5.74, 6) is 0. The normalized spacial score (nSPS) is 11.4. The molecular formula is C19H11N3OS2. The molecule has 0 atom stereocenters. The van der Waals surface area contributed by atoms with Crippen molar-refractivity contribution in [2.24, 2.45) is 0 Å². The van der Waals surface area contributed by atoms with Crippen molar-refractivity contribution >= 4 is 45.0 Å². The molecule has 0 saturated heterocycles. The lowest BCUT2D eigenvalue weighted by Gasteiger charge is -2.06. The first-order chi connectivity index (χ1) is 12.4. The molecule has 0 aliphatic carbocycles. The fourth-order valence-corrected chi connectivity index (χ4v) is 4.26. The highest BCUT2D eigenvalue weighted by molar-refractivity contribution is 7.99. The lowest BCUT2D eigenvalue weighted by molar-refractivity contribution is 0.489. The van der Waals surface area contributed by atoms with E-state index < -0.39 is 0 Å². The van der Waals surface area contributed by atoms with Crippen molar-refractivity contribution in [2.45, 2.75) is 10.2 Å². The van der Waals surface area contributed by atoms with E-state index in [0.29, 0.717) is 5.22 Å². The Bertz CT molecular complexity index is 1150. The molecule has 3 aromatic heterocycles. The summed E-state index contributed by atoms with van der Waals surface area (Å²) in [5.41, 5.74) is 2.53. The van der Waals surface area contributed by atoms with Crippen LogP contribution < -0.4 is 0 Å². The molecule has 0 amide bonds. The van der Waals surface area contributed by atoms with Crippen LogP contribution in [0.1, 0.15) is 0 Å². The van der Waals surface area contributed by atoms with E-state index in [1.165, 1.54) is 11.8 Å². The lowest BCUT2D eigenvalue weighted by atomic mass is 10.1. The number of hydrogen-bond donors (Lipinski definition) is 0. The molecule has 120 valence electrons. The average Bonchev–Trinajstić information content (AvgIpc) is 3.31. The summed E-state index contributed by atoms with van der Waals surface area (Å²) in [6, 6.07) is 20.0. The van der Waals surface area contributed by atoms with E-state index in [1.54, 1.807) is 11.3 Å². The number of hydrogen-bond acceptors (Lipinski definition) is 6. The van der Waals surface area contributed by atoms with Crippen LogP contribution >= 0.6 is 23.1 Å². The molecular weight excluding hydrogens is 350 g/mol. The monoisotopic (exact) mass is 361 g/mol. The number of thiophene rings is 1. The quantitative estimate of drug-likeness (QED) is 0.415. The molecule has 25 heavy (non-hydrogen) atoms. The molecule has 0 spiro atoms. The second-order valence-corrected chi connectivity index (χ2v) is 7.31. The maximum atomic E-state index is 5.81. The number of nitrogens with zero attached hydrogens (tertiary/aromatic N) is 3. The van der Waals surface area contributed by atoms with E-state index in [-0.39, 0.29) is 0 Å². The molecule has 0 fully saturated rings. The summed E-state index contributed by atoms with van der Waals surface area (Å²) in [6.45, 7) is 0. The maximum absolute atomic E-state index is 5.81. The number of aromatic nitrogens is 3. The van der Waals surface area contributed by atoms with Crippen LogP contribution in [0.15, 0.2) is 80.7 Å². The second kappa shape index (κ2) is 5.98. The molecule has 2 aromatic carbocycles. The van der Waals surface area contributed by atoms with Crippen molar-refractivity contribution in [1.82, 2.24) is 15.2 Å². The first-order valence-electron chi connectivity index (χ1n) is 7.71. The summed E-state index contributed by atoms with van der Waals surface area (Å²) in [4.78, 5) is 5.63. The Labute approximate surface area is 151 Å². The topological polar surface area (TPSA) is 51.8 Å². The minimum Gasteiger partial charge on any atom is -0.431 e. The minimum absolute atomic E-state index is 0.574. The van der Waals surface area contributed by atoms with Crippen molar-refractivity contribution in [2.75, 3.05) is 0 Å². The van der Waals surface area contributed by atoms with Crippen molar-refractivity contribution in [3.63, 3.8) is 0 Å². The van der Waals surface area contributed by atoms with Crippen LogP contribution in [0.2, 0.25) is 0 Å². The van der Waals surface area contributed by atoms with Gasteiger partial charge in [-0.3, -0.25) is 0 Å². The average molecular weight is 361 g/mol. The SMILES string of the molecule is c1csc(-c2nnc(Sc3nc4ccccc4o3)c3ccccc23)c1. The third kappa shape index (κ3) is 2.59. The third-order valence-electron chi connectivity index (χ3n) is 3.87. The molecule has 5 aromatic rings. The van der Waals surface area contributed by atoms with Gasteiger partial charge in [0.25, 0.3) is 5.22 Å². The van der Waals surface area contributed by atoms with Gasteiger partial charge in [-0.2, -0.15) is 0 Å². The van der Waals surface area contributed by atoms with Gasteiger partial charge in [0, 0.05) is 10.8 Å². The van der Waals surface area contributed by atoms with Crippen molar-refractivity contribution in [3.8, 4) is 10.6 Å². The van der Waals surface area contributed by atoms with Gasteiger partial charge in [0.15, 0.2) is 5.58 Å². The molecule has 0 saturated carbocycles. The zero-order chi connectivity index (χ0) is 16.6. The summed E-state index contributed by atoms with van der Waals surface area (Å²) >= 11 is 3.06. The highest BCUT2D eigenvalue weighted by Crippen LogP contribution is 2.36. The smallest absolute Gasteiger partial charge is 0.263 e. The summed E-state index contributed by atoms with van der Waals surface area (Å²) in [7, 11) is 0. The highest BCUT2D eigenvalue weighted by atomic mass is 32.2. The number of rotatable bonds is 3.